The van der Waals surface area contributed by atoms with Crippen LogP contribution in [0.2, 0.25) is 0 Å². The molecule has 1 atom stereocenters. The smallest absolute Gasteiger partial charge is 0.320 e. The summed E-state index contributed by atoms with van der Waals surface area (Å²) in [6, 6.07) is 0. The summed E-state index contributed by atoms with van der Waals surface area (Å²) < 4.78 is 15.4. The molecular weight excluding hydrogens is 248 g/mol. The lowest BCUT2D eigenvalue weighted by Crippen LogP contribution is -2.32. The SMILES string of the molecule is COC(=O)C(CC1CCC2(CCCC2)O1)C(=O)OC. The number of carbonyl (C=O) groups excluding carboxylic acids is 2. The fourth-order valence-electron chi connectivity index (χ4n) is 3.28. The maximum absolute atomic E-state index is 11.6. The largest absolute Gasteiger partial charge is 0.468 e. The van der Waals surface area contributed by atoms with Crippen LogP contribution in [-0.2, 0) is 23.8 Å². The van der Waals surface area contributed by atoms with E-state index in [4.69, 9.17) is 4.74 Å². The van der Waals surface area contributed by atoms with Gasteiger partial charge < -0.3 is 14.2 Å². The van der Waals surface area contributed by atoms with Crippen LogP contribution in [0.4, 0.5) is 0 Å². The van der Waals surface area contributed by atoms with Crippen molar-refractivity contribution < 1.29 is 23.8 Å². The van der Waals surface area contributed by atoms with Gasteiger partial charge in [0.25, 0.3) is 0 Å². The number of hydrogen-bond acceptors (Lipinski definition) is 5. The van der Waals surface area contributed by atoms with Gasteiger partial charge in [0.2, 0.25) is 0 Å². The lowest BCUT2D eigenvalue weighted by Gasteiger charge is -2.24. The minimum atomic E-state index is -0.864. The van der Waals surface area contributed by atoms with Gasteiger partial charge in [0.05, 0.1) is 25.9 Å². The van der Waals surface area contributed by atoms with E-state index in [0.29, 0.717) is 6.42 Å². The van der Waals surface area contributed by atoms with E-state index in [1.165, 1.54) is 27.1 Å². The minimum absolute atomic E-state index is 0.0153. The third-order valence-corrected chi connectivity index (χ3v) is 4.32. The van der Waals surface area contributed by atoms with Gasteiger partial charge in [-0.3, -0.25) is 9.59 Å². The van der Waals surface area contributed by atoms with Crippen molar-refractivity contribution in [3.63, 3.8) is 0 Å². The zero-order valence-electron chi connectivity index (χ0n) is 11.6. The van der Waals surface area contributed by atoms with Crippen LogP contribution in [0.3, 0.4) is 0 Å². The fraction of sp³-hybridized carbons (Fsp3) is 0.857. The number of methoxy groups -OCH3 is 2. The molecular formula is C14H22O5. The Morgan fingerprint density at radius 3 is 2.26 bits per heavy atom. The quantitative estimate of drug-likeness (QED) is 0.576. The molecule has 0 aromatic rings. The summed E-state index contributed by atoms with van der Waals surface area (Å²) in [6.45, 7) is 0. The second-order valence-electron chi connectivity index (χ2n) is 5.50. The van der Waals surface area contributed by atoms with Gasteiger partial charge in [0.15, 0.2) is 5.92 Å². The van der Waals surface area contributed by atoms with Crippen molar-refractivity contribution in [2.75, 3.05) is 14.2 Å². The first-order valence-corrected chi connectivity index (χ1v) is 6.94. The number of esters is 2. The Balaban J connectivity index is 1.95. The molecule has 1 spiro atoms. The minimum Gasteiger partial charge on any atom is -0.468 e. The first-order valence-electron chi connectivity index (χ1n) is 6.94. The van der Waals surface area contributed by atoms with Gasteiger partial charge >= 0.3 is 11.9 Å². The summed E-state index contributed by atoms with van der Waals surface area (Å²) in [6.07, 6.45) is 6.89. The van der Waals surface area contributed by atoms with Crippen molar-refractivity contribution in [3.8, 4) is 0 Å². The van der Waals surface area contributed by atoms with Crippen molar-refractivity contribution in [2.24, 2.45) is 5.92 Å². The normalized spacial score (nSPS) is 24.9. The highest BCUT2D eigenvalue weighted by Gasteiger charge is 2.44. The average Bonchev–Trinajstić information content (AvgIpc) is 3.05. The predicted molar refractivity (Wildman–Crippen MR) is 67.4 cm³/mol. The molecule has 19 heavy (non-hydrogen) atoms. The van der Waals surface area contributed by atoms with Crippen LogP contribution in [-0.4, -0.2) is 37.9 Å². The fourth-order valence-corrected chi connectivity index (χ4v) is 3.28. The van der Waals surface area contributed by atoms with E-state index in [1.54, 1.807) is 0 Å². The Morgan fingerprint density at radius 2 is 1.74 bits per heavy atom. The number of carbonyl (C=O) groups is 2. The monoisotopic (exact) mass is 270 g/mol. The van der Waals surface area contributed by atoms with Gasteiger partial charge in [0, 0.05) is 0 Å². The summed E-state index contributed by atoms with van der Waals surface area (Å²) in [5.41, 5.74) is 0.0153. The molecule has 2 aliphatic rings. The first-order chi connectivity index (χ1) is 9.10. The van der Waals surface area contributed by atoms with Crippen LogP contribution in [0.5, 0.6) is 0 Å². The maximum Gasteiger partial charge on any atom is 0.320 e. The Kier molecular flexibility index (Phi) is 4.45. The third-order valence-electron chi connectivity index (χ3n) is 4.32. The van der Waals surface area contributed by atoms with Crippen molar-refractivity contribution in [1.29, 1.82) is 0 Å². The van der Waals surface area contributed by atoms with Gasteiger partial charge in [-0.25, -0.2) is 0 Å². The number of hydrogen-bond donors (Lipinski definition) is 0. The molecule has 0 aromatic carbocycles. The molecule has 0 bridgehead atoms. The average molecular weight is 270 g/mol. The number of ether oxygens (including phenoxy) is 3. The second kappa shape index (κ2) is 5.90. The molecule has 108 valence electrons. The molecule has 0 amide bonds. The summed E-state index contributed by atoms with van der Waals surface area (Å²) in [5, 5.41) is 0. The van der Waals surface area contributed by atoms with Crippen LogP contribution < -0.4 is 0 Å². The summed E-state index contributed by atoms with van der Waals surface area (Å²) in [5.74, 6) is -1.94. The molecule has 1 saturated carbocycles. The van der Waals surface area contributed by atoms with Gasteiger partial charge in [-0.1, -0.05) is 12.8 Å². The molecule has 1 saturated heterocycles. The van der Waals surface area contributed by atoms with E-state index in [9.17, 15) is 9.59 Å². The second-order valence-corrected chi connectivity index (χ2v) is 5.50. The van der Waals surface area contributed by atoms with E-state index in [1.807, 2.05) is 0 Å². The predicted octanol–water partition coefficient (Wildman–Crippen LogP) is 1.83. The van der Waals surface area contributed by atoms with Crippen molar-refractivity contribution in [1.82, 2.24) is 0 Å². The molecule has 1 aliphatic carbocycles. The Bertz CT molecular complexity index is 330. The zero-order valence-corrected chi connectivity index (χ0v) is 11.6. The van der Waals surface area contributed by atoms with E-state index < -0.39 is 17.9 Å². The topological polar surface area (TPSA) is 61.8 Å². The van der Waals surface area contributed by atoms with E-state index >= 15 is 0 Å². The van der Waals surface area contributed by atoms with Crippen LogP contribution in [0.1, 0.15) is 44.9 Å². The maximum atomic E-state index is 11.6. The third kappa shape index (κ3) is 3.08. The van der Waals surface area contributed by atoms with Gasteiger partial charge in [-0.15, -0.1) is 0 Å². The highest BCUT2D eigenvalue weighted by Crippen LogP contribution is 2.44. The van der Waals surface area contributed by atoms with Crippen molar-refractivity contribution in [2.45, 2.75) is 56.7 Å². The van der Waals surface area contributed by atoms with Crippen molar-refractivity contribution in [3.05, 3.63) is 0 Å². The summed E-state index contributed by atoms with van der Waals surface area (Å²) in [7, 11) is 2.57. The lowest BCUT2D eigenvalue weighted by atomic mass is 9.96. The Labute approximate surface area is 113 Å². The molecule has 1 heterocycles. The van der Waals surface area contributed by atoms with E-state index in [2.05, 4.69) is 9.47 Å². The van der Waals surface area contributed by atoms with E-state index in [0.717, 1.165) is 25.7 Å². The zero-order chi connectivity index (χ0) is 13.9. The first kappa shape index (κ1) is 14.3. The van der Waals surface area contributed by atoms with Gasteiger partial charge in [-0.2, -0.15) is 0 Å². The Hall–Kier alpha value is -1.10. The summed E-state index contributed by atoms with van der Waals surface area (Å²) in [4.78, 5) is 23.3. The summed E-state index contributed by atoms with van der Waals surface area (Å²) >= 11 is 0. The highest BCUT2D eigenvalue weighted by atomic mass is 16.5. The van der Waals surface area contributed by atoms with E-state index in [-0.39, 0.29) is 11.7 Å². The molecule has 0 aromatic heterocycles. The lowest BCUT2D eigenvalue weighted by molar-refractivity contribution is -0.161. The molecule has 0 N–H and O–H groups in total. The molecule has 2 rings (SSSR count). The standard InChI is InChI=1S/C14H22O5/c1-17-12(15)11(13(16)18-2)9-10-5-8-14(19-10)6-3-4-7-14/h10-11H,3-9H2,1-2H3. The van der Waals surface area contributed by atoms with Gasteiger partial charge in [0.1, 0.15) is 0 Å². The molecule has 5 nitrogen and oxygen atoms in total. The highest BCUT2D eigenvalue weighted by molar-refractivity contribution is 5.94. The van der Waals surface area contributed by atoms with Gasteiger partial charge in [-0.05, 0) is 32.1 Å². The molecule has 5 heteroatoms. The van der Waals surface area contributed by atoms with Crippen molar-refractivity contribution >= 4 is 11.9 Å². The van der Waals surface area contributed by atoms with Crippen LogP contribution in [0, 0.1) is 5.92 Å². The van der Waals surface area contributed by atoms with Crippen LogP contribution in [0.15, 0.2) is 0 Å². The molecule has 1 aliphatic heterocycles. The Morgan fingerprint density at radius 1 is 1.16 bits per heavy atom. The molecule has 2 fully saturated rings. The molecule has 1 unspecified atom stereocenters. The van der Waals surface area contributed by atoms with Crippen LogP contribution >= 0.6 is 0 Å². The molecule has 0 radical (unpaired) electrons. The number of rotatable bonds is 4. The van der Waals surface area contributed by atoms with Crippen LogP contribution in [0.25, 0.3) is 0 Å².